The van der Waals surface area contributed by atoms with Crippen molar-refractivity contribution in [2.75, 3.05) is 20.1 Å². The monoisotopic (exact) mass is 529 g/mol. The van der Waals surface area contributed by atoms with Gasteiger partial charge in [0.25, 0.3) is 0 Å². The van der Waals surface area contributed by atoms with E-state index in [4.69, 9.17) is 0 Å². The second kappa shape index (κ2) is 11.1. The molecule has 2 unspecified atom stereocenters. The van der Waals surface area contributed by atoms with E-state index in [9.17, 15) is 24.3 Å². The first-order chi connectivity index (χ1) is 18.8. The van der Waals surface area contributed by atoms with Crippen molar-refractivity contribution < 1.29 is 24.3 Å². The van der Waals surface area contributed by atoms with Gasteiger partial charge in [0.05, 0.1) is 13.1 Å². The zero-order valence-corrected chi connectivity index (χ0v) is 21.7. The highest BCUT2D eigenvalue weighted by atomic mass is 16.4. The Bertz CT molecular complexity index is 1390. The lowest BCUT2D eigenvalue weighted by Crippen LogP contribution is -2.75. The summed E-state index contributed by atoms with van der Waals surface area (Å²) in [5.41, 5.74) is 1.86. The van der Waals surface area contributed by atoms with Crippen molar-refractivity contribution in [3.63, 3.8) is 0 Å². The van der Waals surface area contributed by atoms with Crippen LogP contribution in [0.3, 0.4) is 0 Å². The molecule has 5 rings (SSSR count). The van der Waals surface area contributed by atoms with Crippen LogP contribution in [0.25, 0.3) is 10.8 Å². The summed E-state index contributed by atoms with van der Waals surface area (Å²) in [5, 5.41) is 17.4. The van der Waals surface area contributed by atoms with Crippen molar-refractivity contribution in [2.24, 2.45) is 0 Å². The van der Waals surface area contributed by atoms with Gasteiger partial charge in [-0.2, -0.15) is 0 Å². The Labute approximate surface area is 226 Å². The number of hydrazine groups is 1. The van der Waals surface area contributed by atoms with Gasteiger partial charge in [-0.05, 0) is 28.3 Å². The lowest BCUT2D eigenvalue weighted by atomic mass is 9.99. The Morgan fingerprint density at radius 2 is 1.69 bits per heavy atom. The molecule has 2 fully saturated rings. The van der Waals surface area contributed by atoms with Gasteiger partial charge in [-0.1, -0.05) is 72.8 Å². The van der Waals surface area contributed by atoms with E-state index >= 15 is 0 Å². The van der Waals surface area contributed by atoms with E-state index in [0.717, 1.165) is 21.9 Å². The molecule has 2 aliphatic rings. The molecule has 4 amide bonds. The van der Waals surface area contributed by atoms with Crippen LogP contribution >= 0.6 is 0 Å². The van der Waals surface area contributed by atoms with E-state index < -0.39 is 24.2 Å². The van der Waals surface area contributed by atoms with Crippen molar-refractivity contribution in [1.29, 1.82) is 0 Å². The number of rotatable bonds is 7. The number of carbonyl (C=O) groups is 4. The van der Waals surface area contributed by atoms with Gasteiger partial charge in [-0.3, -0.25) is 14.4 Å². The minimum absolute atomic E-state index is 0.0361. The van der Waals surface area contributed by atoms with Gasteiger partial charge < -0.3 is 20.2 Å². The van der Waals surface area contributed by atoms with Crippen LogP contribution < -0.4 is 5.32 Å². The molecule has 0 bridgehead atoms. The smallest absolute Gasteiger partial charge is 0.334 e. The molecule has 2 aliphatic heterocycles. The van der Waals surface area contributed by atoms with E-state index in [0.29, 0.717) is 6.54 Å². The molecular weight excluding hydrogens is 498 g/mol. The Morgan fingerprint density at radius 3 is 2.46 bits per heavy atom. The lowest BCUT2D eigenvalue weighted by Gasteiger charge is -2.54. The van der Waals surface area contributed by atoms with Gasteiger partial charge in [0, 0.05) is 26.6 Å². The van der Waals surface area contributed by atoms with Gasteiger partial charge in [-0.15, -0.1) is 0 Å². The first kappa shape index (κ1) is 26.2. The molecule has 0 spiro atoms. The second-order valence-corrected chi connectivity index (χ2v) is 9.89. The fourth-order valence-electron chi connectivity index (χ4n) is 5.47. The molecule has 2 atom stereocenters. The molecule has 39 heavy (non-hydrogen) atoms. The second-order valence-electron chi connectivity index (χ2n) is 9.89. The molecule has 0 aliphatic carbocycles. The number of carboxylic acid groups (broad SMARTS) is 1. The van der Waals surface area contributed by atoms with Crippen LogP contribution in [0.2, 0.25) is 0 Å². The van der Waals surface area contributed by atoms with Gasteiger partial charge in [0.15, 0.2) is 0 Å². The average Bonchev–Trinajstić information content (AvgIpc) is 2.92. The van der Waals surface area contributed by atoms with Crippen LogP contribution in [-0.2, 0) is 27.5 Å². The Hall–Kier alpha value is -4.44. The van der Waals surface area contributed by atoms with Crippen molar-refractivity contribution >= 4 is 34.6 Å². The predicted molar refractivity (Wildman–Crippen MR) is 144 cm³/mol. The van der Waals surface area contributed by atoms with Gasteiger partial charge in [0.2, 0.25) is 11.8 Å². The molecule has 0 radical (unpaired) electrons. The molecule has 2 N–H and O–H groups in total. The standard InChI is InChI=1S/C29H31N5O5/c1-31-19-26(35)33-24(14-15-27(36)37)28(38)32(17-22-12-7-11-21-10-5-6-13-23(21)22)18-25(33)34(31)29(39)30-16-20-8-3-2-4-9-20/h2-13,24-25H,14-19H2,1H3,(H,30,39)(H,36,37). The quantitative estimate of drug-likeness (QED) is 0.487. The third-order valence-electron chi connectivity index (χ3n) is 7.31. The number of amides is 4. The number of nitrogens with zero attached hydrogens (tertiary/aromatic N) is 4. The van der Waals surface area contributed by atoms with Crippen molar-refractivity contribution in [2.45, 2.75) is 38.1 Å². The molecule has 10 heteroatoms. The number of fused-ring (bicyclic) bond motifs is 2. The number of carbonyl (C=O) groups excluding carboxylic acids is 3. The van der Waals surface area contributed by atoms with Gasteiger partial charge in [-0.25, -0.2) is 14.8 Å². The number of likely N-dealkylation sites (N-methyl/N-ethyl adjacent to an activating group) is 1. The normalized spacial score (nSPS) is 19.8. The van der Waals surface area contributed by atoms with Gasteiger partial charge in [0.1, 0.15) is 12.2 Å². The first-order valence-corrected chi connectivity index (χ1v) is 12.9. The number of urea groups is 1. The fraction of sp³-hybridized carbons (Fsp3) is 0.310. The van der Waals surface area contributed by atoms with Crippen molar-refractivity contribution in [3.05, 3.63) is 83.9 Å². The Balaban J connectivity index is 1.46. The summed E-state index contributed by atoms with van der Waals surface area (Å²) in [7, 11) is 1.66. The zero-order valence-electron chi connectivity index (χ0n) is 21.7. The lowest BCUT2D eigenvalue weighted by molar-refractivity contribution is -0.188. The van der Waals surface area contributed by atoms with Crippen LogP contribution in [0.4, 0.5) is 4.79 Å². The number of hydrogen-bond acceptors (Lipinski definition) is 5. The van der Waals surface area contributed by atoms with Crippen LogP contribution in [0.15, 0.2) is 72.8 Å². The molecule has 3 aromatic carbocycles. The van der Waals surface area contributed by atoms with Crippen molar-refractivity contribution in [3.8, 4) is 0 Å². The molecule has 10 nitrogen and oxygen atoms in total. The largest absolute Gasteiger partial charge is 0.481 e. The predicted octanol–water partition coefficient (Wildman–Crippen LogP) is 2.64. The highest BCUT2D eigenvalue weighted by Crippen LogP contribution is 2.30. The maximum absolute atomic E-state index is 13.8. The summed E-state index contributed by atoms with van der Waals surface area (Å²) < 4.78 is 0. The first-order valence-electron chi connectivity index (χ1n) is 12.9. The van der Waals surface area contributed by atoms with Crippen LogP contribution in [0.5, 0.6) is 0 Å². The number of carboxylic acids is 1. The number of nitrogens with one attached hydrogen (secondary N) is 1. The van der Waals surface area contributed by atoms with Crippen LogP contribution in [0, 0.1) is 0 Å². The van der Waals surface area contributed by atoms with E-state index in [-0.39, 0.29) is 44.3 Å². The van der Waals surface area contributed by atoms with Crippen LogP contribution in [-0.4, -0.2) is 81.1 Å². The molecule has 2 saturated heterocycles. The van der Waals surface area contributed by atoms with E-state index in [1.54, 1.807) is 17.0 Å². The third kappa shape index (κ3) is 5.42. The number of aliphatic carboxylic acids is 1. The Kier molecular flexibility index (Phi) is 7.47. The molecule has 0 saturated carbocycles. The SMILES string of the molecule is CN1CC(=O)N2C(CCC(=O)O)C(=O)N(Cc3cccc4ccccc34)CC2N1C(=O)NCc1ccccc1. The summed E-state index contributed by atoms with van der Waals surface area (Å²) in [5.74, 6) is -1.68. The zero-order chi connectivity index (χ0) is 27.5. The minimum atomic E-state index is -1.05. The maximum atomic E-state index is 13.8. The van der Waals surface area contributed by atoms with Crippen LogP contribution in [0.1, 0.15) is 24.0 Å². The van der Waals surface area contributed by atoms with E-state index in [1.165, 1.54) is 9.91 Å². The molecular formula is C29H31N5O5. The topological polar surface area (TPSA) is 114 Å². The summed E-state index contributed by atoms with van der Waals surface area (Å²) in [4.78, 5) is 55.0. The molecule has 3 aromatic rings. The summed E-state index contributed by atoms with van der Waals surface area (Å²) >= 11 is 0. The molecule has 2 heterocycles. The number of piperazine rings is 1. The average molecular weight is 530 g/mol. The summed E-state index contributed by atoms with van der Waals surface area (Å²) in [6.45, 7) is 0.563. The highest BCUT2D eigenvalue weighted by molar-refractivity contribution is 5.92. The maximum Gasteiger partial charge on any atom is 0.334 e. The number of hydrogen-bond donors (Lipinski definition) is 2. The third-order valence-corrected chi connectivity index (χ3v) is 7.31. The van der Waals surface area contributed by atoms with Gasteiger partial charge >= 0.3 is 12.0 Å². The number of benzene rings is 3. The minimum Gasteiger partial charge on any atom is -0.481 e. The van der Waals surface area contributed by atoms with E-state index in [1.807, 2.05) is 72.8 Å². The summed E-state index contributed by atoms with van der Waals surface area (Å²) in [6, 6.07) is 21.9. The summed E-state index contributed by atoms with van der Waals surface area (Å²) in [6.07, 6.45) is -1.09. The molecule has 0 aromatic heterocycles. The highest BCUT2D eigenvalue weighted by Gasteiger charge is 2.50. The fourth-order valence-corrected chi connectivity index (χ4v) is 5.47. The molecule has 202 valence electrons. The van der Waals surface area contributed by atoms with Crippen molar-refractivity contribution in [1.82, 2.24) is 25.1 Å². The Morgan fingerprint density at radius 1 is 0.974 bits per heavy atom. The van der Waals surface area contributed by atoms with E-state index in [2.05, 4.69) is 5.32 Å².